The van der Waals surface area contributed by atoms with Crippen LogP contribution in [0.5, 0.6) is 5.75 Å². The number of hydrogen-bond donors (Lipinski definition) is 2. The summed E-state index contributed by atoms with van der Waals surface area (Å²) in [4.78, 5) is 22.8. The Morgan fingerprint density at radius 3 is 2.72 bits per heavy atom. The topological polar surface area (TPSA) is 79.4 Å². The lowest BCUT2D eigenvalue weighted by Gasteiger charge is -2.31. The largest absolute Gasteiger partial charge is 0.495 e. The number of benzene rings is 1. The lowest BCUT2D eigenvalue weighted by Crippen LogP contribution is -2.40. The van der Waals surface area contributed by atoms with Crippen molar-refractivity contribution in [1.29, 1.82) is 0 Å². The highest BCUT2D eigenvalue weighted by Crippen LogP contribution is 2.27. The van der Waals surface area contributed by atoms with Crippen LogP contribution in [0.3, 0.4) is 0 Å². The molecule has 1 aromatic heterocycles. The fourth-order valence-electron chi connectivity index (χ4n) is 3.00. The number of aromatic nitrogens is 2. The molecule has 2 N–H and O–H groups in total. The Kier molecular flexibility index (Phi) is 5.33. The number of hydrogen-bond acceptors (Lipinski definition) is 6. The van der Waals surface area contributed by atoms with Crippen LogP contribution in [0.1, 0.15) is 12.8 Å². The van der Waals surface area contributed by atoms with Gasteiger partial charge in [-0.1, -0.05) is 12.1 Å². The molecule has 0 bridgehead atoms. The van der Waals surface area contributed by atoms with Gasteiger partial charge in [-0.25, -0.2) is 4.98 Å². The summed E-state index contributed by atoms with van der Waals surface area (Å²) in [7, 11) is 3.33. The molecular weight excluding hydrogens is 318 g/mol. The Balaban J connectivity index is 1.69. The van der Waals surface area contributed by atoms with Crippen molar-refractivity contribution in [2.45, 2.75) is 12.8 Å². The van der Waals surface area contributed by atoms with E-state index in [1.54, 1.807) is 20.4 Å². The van der Waals surface area contributed by atoms with Crippen molar-refractivity contribution in [1.82, 2.24) is 15.3 Å². The summed E-state index contributed by atoms with van der Waals surface area (Å²) in [6, 6.07) is 9.53. The van der Waals surface area contributed by atoms with Gasteiger partial charge in [0, 0.05) is 32.3 Å². The van der Waals surface area contributed by atoms with E-state index in [1.165, 1.54) is 0 Å². The van der Waals surface area contributed by atoms with E-state index in [2.05, 4.69) is 25.5 Å². The molecule has 3 rings (SSSR count). The van der Waals surface area contributed by atoms with Crippen LogP contribution in [0.4, 0.5) is 17.5 Å². The molecule has 25 heavy (non-hydrogen) atoms. The fourth-order valence-corrected chi connectivity index (χ4v) is 3.00. The maximum atomic E-state index is 11.7. The minimum Gasteiger partial charge on any atom is -0.495 e. The second-order valence-corrected chi connectivity index (χ2v) is 5.94. The van der Waals surface area contributed by atoms with Crippen molar-refractivity contribution < 1.29 is 9.53 Å². The molecule has 2 heterocycles. The predicted octanol–water partition coefficient (Wildman–Crippen LogP) is 2.19. The van der Waals surface area contributed by atoms with E-state index in [0.29, 0.717) is 11.8 Å². The van der Waals surface area contributed by atoms with E-state index in [0.717, 1.165) is 37.4 Å². The first-order valence-electron chi connectivity index (χ1n) is 8.41. The Morgan fingerprint density at radius 1 is 1.24 bits per heavy atom. The summed E-state index contributed by atoms with van der Waals surface area (Å²) in [6.07, 6.45) is 3.37. The van der Waals surface area contributed by atoms with Gasteiger partial charge in [-0.05, 0) is 31.0 Å². The predicted molar refractivity (Wildman–Crippen MR) is 97.3 cm³/mol. The number of carbonyl (C=O) groups is 1. The number of anilines is 3. The minimum absolute atomic E-state index is 0.0798. The van der Waals surface area contributed by atoms with Gasteiger partial charge >= 0.3 is 0 Å². The van der Waals surface area contributed by atoms with E-state index in [9.17, 15) is 4.79 Å². The highest BCUT2D eigenvalue weighted by Gasteiger charge is 2.25. The maximum absolute atomic E-state index is 11.7. The molecule has 1 aliphatic heterocycles. The van der Waals surface area contributed by atoms with Gasteiger partial charge in [0.25, 0.3) is 0 Å². The normalized spacial score (nSPS) is 14.9. The molecule has 1 saturated heterocycles. The molecule has 0 unspecified atom stereocenters. The third kappa shape index (κ3) is 3.99. The number of carbonyl (C=O) groups excluding carboxylic acids is 1. The summed E-state index contributed by atoms with van der Waals surface area (Å²) >= 11 is 0. The number of nitrogens with one attached hydrogen (secondary N) is 2. The van der Waals surface area contributed by atoms with Gasteiger partial charge in [0.1, 0.15) is 11.6 Å². The lowest BCUT2D eigenvalue weighted by molar-refractivity contribution is -0.125. The zero-order chi connectivity index (χ0) is 17.6. The molecule has 7 nitrogen and oxygen atoms in total. The number of rotatable bonds is 5. The number of ether oxygens (including phenoxy) is 1. The molecule has 2 aromatic rings. The monoisotopic (exact) mass is 341 g/mol. The van der Waals surface area contributed by atoms with Crippen molar-refractivity contribution in [3.8, 4) is 5.75 Å². The first-order chi connectivity index (χ1) is 12.2. The average molecular weight is 341 g/mol. The SMILES string of the molecule is CNC(=O)C1CCN(c2nccc(Nc3ccccc3OC)n2)CC1. The van der Waals surface area contributed by atoms with Gasteiger partial charge in [-0.15, -0.1) is 0 Å². The van der Waals surface area contributed by atoms with Crippen molar-refractivity contribution in [2.24, 2.45) is 5.92 Å². The molecule has 132 valence electrons. The van der Waals surface area contributed by atoms with Crippen LogP contribution in [-0.4, -0.2) is 43.1 Å². The molecule has 0 atom stereocenters. The second kappa shape index (κ2) is 7.83. The van der Waals surface area contributed by atoms with Gasteiger partial charge in [0.2, 0.25) is 11.9 Å². The summed E-state index contributed by atoms with van der Waals surface area (Å²) in [5.74, 6) is 2.34. The van der Waals surface area contributed by atoms with Gasteiger partial charge < -0.3 is 20.3 Å². The number of nitrogens with zero attached hydrogens (tertiary/aromatic N) is 3. The molecule has 7 heteroatoms. The van der Waals surface area contributed by atoms with Crippen molar-refractivity contribution in [3.63, 3.8) is 0 Å². The highest BCUT2D eigenvalue weighted by atomic mass is 16.5. The van der Waals surface area contributed by atoms with Crippen molar-refractivity contribution in [2.75, 3.05) is 37.5 Å². The number of piperidine rings is 1. The van der Waals surface area contributed by atoms with Gasteiger partial charge in [0.15, 0.2) is 0 Å². The van der Waals surface area contributed by atoms with Crippen LogP contribution in [0.25, 0.3) is 0 Å². The quantitative estimate of drug-likeness (QED) is 0.868. The summed E-state index contributed by atoms with van der Waals surface area (Å²) in [5, 5.41) is 6.00. The maximum Gasteiger partial charge on any atom is 0.227 e. The van der Waals surface area contributed by atoms with Gasteiger partial charge in [-0.2, -0.15) is 4.98 Å². The third-order valence-corrected chi connectivity index (χ3v) is 4.41. The smallest absolute Gasteiger partial charge is 0.227 e. The molecule has 1 fully saturated rings. The fraction of sp³-hybridized carbons (Fsp3) is 0.389. The number of amides is 1. The molecular formula is C18H23N5O2. The zero-order valence-electron chi connectivity index (χ0n) is 14.5. The number of para-hydroxylation sites is 2. The first kappa shape index (κ1) is 17.0. The highest BCUT2D eigenvalue weighted by molar-refractivity contribution is 5.78. The van der Waals surface area contributed by atoms with Crippen LogP contribution in [0.15, 0.2) is 36.5 Å². The second-order valence-electron chi connectivity index (χ2n) is 5.94. The summed E-state index contributed by atoms with van der Waals surface area (Å²) in [5.41, 5.74) is 0.855. The molecule has 0 aliphatic carbocycles. The first-order valence-corrected chi connectivity index (χ1v) is 8.41. The van der Waals surface area contributed by atoms with E-state index < -0.39 is 0 Å². The molecule has 1 amide bonds. The van der Waals surface area contributed by atoms with Crippen LogP contribution < -0.4 is 20.3 Å². The molecule has 0 saturated carbocycles. The van der Waals surface area contributed by atoms with E-state index in [4.69, 9.17) is 4.74 Å². The molecule has 1 aliphatic rings. The summed E-state index contributed by atoms with van der Waals surface area (Å²) in [6.45, 7) is 1.55. The Bertz CT molecular complexity index is 729. The Morgan fingerprint density at radius 2 is 2.00 bits per heavy atom. The van der Waals surface area contributed by atoms with Crippen molar-refractivity contribution in [3.05, 3.63) is 36.5 Å². The van der Waals surface area contributed by atoms with E-state index in [1.807, 2.05) is 30.3 Å². The van der Waals surface area contributed by atoms with Crippen LogP contribution >= 0.6 is 0 Å². The Hall–Kier alpha value is -2.83. The molecule has 0 radical (unpaired) electrons. The average Bonchev–Trinajstić information content (AvgIpc) is 2.68. The van der Waals surface area contributed by atoms with Crippen LogP contribution in [-0.2, 0) is 4.79 Å². The van der Waals surface area contributed by atoms with E-state index >= 15 is 0 Å². The van der Waals surface area contributed by atoms with E-state index in [-0.39, 0.29) is 11.8 Å². The molecule has 1 aromatic carbocycles. The molecule has 0 spiro atoms. The standard InChI is InChI=1S/C18H23N5O2/c1-19-17(24)13-8-11-23(12-9-13)18-20-10-7-16(22-18)21-14-5-3-4-6-15(14)25-2/h3-7,10,13H,8-9,11-12H2,1-2H3,(H,19,24)(H,20,21,22). The minimum atomic E-state index is 0.0798. The lowest BCUT2D eigenvalue weighted by atomic mass is 9.96. The van der Waals surface area contributed by atoms with Crippen LogP contribution in [0.2, 0.25) is 0 Å². The summed E-state index contributed by atoms with van der Waals surface area (Å²) < 4.78 is 5.35. The van der Waals surface area contributed by atoms with Crippen LogP contribution in [0, 0.1) is 5.92 Å². The van der Waals surface area contributed by atoms with Gasteiger partial charge in [-0.3, -0.25) is 4.79 Å². The zero-order valence-corrected chi connectivity index (χ0v) is 14.5. The van der Waals surface area contributed by atoms with Gasteiger partial charge in [0.05, 0.1) is 12.8 Å². The number of methoxy groups -OCH3 is 1. The Labute approximate surface area is 147 Å². The third-order valence-electron chi connectivity index (χ3n) is 4.41. The van der Waals surface area contributed by atoms with Crippen molar-refractivity contribution >= 4 is 23.4 Å².